The zero-order valence-electron chi connectivity index (χ0n) is 10.7. The summed E-state index contributed by atoms with van der Waals surface area (Å²) >= 11 is 0. The van der Waals surface area contributed by atoms with E-state index in [9.17, 15) is 20.4 Å². The van der Waals surface area contributed by atoms with Gasteiger partial charge in [-0.2, -0.15) is 0 Å². The lowest BCUT2D eigenvalue weighted by molar-refractivity contribution is -0.169. The van der Waals surface area contributed by atoms with Gasteiger partial charge in [0.2, 0.25) is 0 Å². The summed E-state index contributed by atoms with van der Waals surface area (Å²) < 4.78 is 6.68. The molecule has 0 amide bonds. The van der Waals surface area contributed by atoms with Crippen molar-refractivity contribution in [2.24, 2.45) is 0 Å². The number of anilines is 1. The van der Waals surface area contributed by atoms with E-state index in [1.54, 1.807) is 0 Å². The summed E-state index contributed by atoms with van der Waals surface area (Å²) in [6.07, 6.45) is -2.71. The van der Waals surface area contributed by atoms with Crippen LogP contribution in [0.3, 0.4) is 0 Å². The quantitative estimate of drug-likeness (QED) is 0.383. The molecule has 2 aromatic rings. The van der Waals surface area contributed by atoms with Crippen molar-refractivity contribution in [3.63, 3.8) is 0 Å². The van der Waals surface area contributed by atoms with Crippen LogP contribution in [0.15, 0.2) is 6.33 Å². The molecule has 11 heteroatoms. The Morgan fingerprint density at radius 2 is 2.10 bits per heavy atom. The molecular weight excluding hydrogens is 284 g/mol. The molecule has 2 aromatic heterocycles. The zero-order chi connectivity index (χ0) is 15.2. The first-order valence-corrected chi connectivity index (χ1v) is 6.13. The molecule has 1 fully saturated rings. The lowest BCUT2D eigenvalue weighted by atomic mass is 10.0. The van der Waals surface area contributed by atoms with E-state index in [1.165, 1.54) is 10.9 Å². The van der Waals surface area contributed by atoms with Gasteiger partial charge in [0.1, 0.15) is 18.3 Å². The summed E-state index contributed by atoms with van der Waals surface area (Å²) in [7, 11) is 0. The average Bonchev–Trinajstić information content (AvgIpc) is 3.03. The van der Waals surface area contributed by atoms with Crippen molar-refractivity contribution >= 4 is 17.0 Å². The summed E-state index contributed by atoms with van der Waals surface area (Å²) in [5.74, 6) is 0.0265. The van der Waals surface area contributed by atoms with Crippen LogP contribution < -0.4 is 5.73 Å². The third-order valence-electron chi connectivity index (χ3n) is 3.61. The second kappa shape index (κ2) is 4.82. The minimum absolute atomic E-state index is 0.0265. The normalized spacial score (nSPS) is 32.9. The monoisotopic (exact) mass is 298 g/mol. The smallest absolute Gasteiger partial charge is 0.199 e. The van der Waals surface area contributed by atoms with Crippen LogP contribution in [0.1, 0.15) is 0 Å². The number of aliphatic hydroxyl groups excluding tert-OH is 4. The molecule has 6 N–H and O–H groups in total. The van der Waals surface area contributed by atoms with E-state index >= 15 is 0 Å². The molecule has 114 valence electrons. The first-order valence-electron chi connectivity index (χ1n) is 6.13. The van der Waals surface area contributed by atoms with Crippen LogP contribution in [0.5, 0.6) is 0 Å². The van der Waals surface area contributed by atoms with Crippen LogP contribution in [-0.2, 0) is 10.5 Å². The summed E-state index contributed by atoms with van der Waals surface area (Å²) in [4.78, 5) is 3.99. The van der Waals surface area contributed by atoms with E-state index in [0.29, 0.717) is 0 Å². The minimum atomic E-state index is -1.75. The van der Waals surface area contributed by atoms with Gasteiger partial charge in [-0.05, 0) is 5.21 Å². The standard InChI is InChI=1S/C10H14N6O5/c11-8-5-9(14-15-13-8)16(3-12-5)10(2-18)7(20)6(19)4(1-17)21-10/h3-4,6-7,17-20H,1-2H2,(H2,11,13,14)/t4-,6+,7?,10-/m1/s1. The molecule has 0 bridgehead atoms. The topological polar surface area (TPSA) is 173 Å². The Morgan fingerprint density at radius 3 is 2.71 bits per heavy atom. The number of ether oxygens (including phenoxy) is 1. The van der Waals surface area contributed by atoms with Crippen molar-refractivity contribution < 1.29 is 25.2 Å². The molecule has 0 saturated carbocycles. The number of nitrogens with zero attached hydrogens (tertiary/aromatic N) is 5. The maximum Gasteiger partial charge on any atom is 0.199 e. The third-order valence-corrected chi connectivity index (χ3v) is 3.61. The second-order valence-corrected chi connectivity index (χ2v) is 4.74. The molecule has 1 saturated heterocycles. The van der Waals surface area contributed by atoms with Crippen LogP contribution in [0.4, 0.5) is 5.82 Å². The number of fused-ring (bicyclic) bond motifs is 1. The van der Waals surface area contributed by atoms with Crippen LogP contribution >= 0.6 is 0 Å². The van der Waals surface area contributed by atoms with Gasteiger partial charge in [0.05, 0.1) is 19.5 Å². The van der Waals surface area contributed by atoms with E-state index in [0.717, 1.165) is 0 Å². The highest BCUT2D eigenvalue weighted by Crippen LogP contribution is 2.37. The SMILES string of the molecule is Nc1nnnc2c1ncn2[C@]1(CO)O[C@H](CO)[C@H](O)C1O. The molecule has 1 unspecified atom stereocenters. The van der Waals surface area contributed by atoms with Crippen molar-refractivity contribution in [2.75, 3.05) is 18.9 Å². The Balaban J connectivity index is 2.17. The van der Waals surface area contributed by atoms with Gasteiger partial charge in [0.25, 0.3) is 0 Å². The minimum Gasteiger partial charge on any atom is -0.394 e. The van der Waals surface area contributed by atoms with Gasteiger partial charge in [-0.15, -0.1) is 10.2 Å². The predicted octanol–water partition coefficient (Wildman–Crippen LogP) is -3.44. The number of hydrogen-bond acceptors (Lipinski definition) is 10. The number of hydrogen-bond donors (Lipinski definition) is 5. The van der Waals surface area contributed by atoms with E-state index in [2.05, 4.69) is 20.4 Å². The summed E-state index contributed by atoms with van der Waals surface area (Å²) in [6, 6.07) is 0. The molecule has 11 nitrogen and oxygen atoms in total. The number of nitrogens with two attached hydrogens (primary N) is 1. The van der Waals surface area contributed by atoms with Crippen LogP contribution in [-0.4, -0.2) is 76.9 Å². The first kappa shape index (κ1) is 14.0. The Kier molecular flexibility index (Phi) is 3.22. The highest BCUT2D eigenvalue weighted by atomic mass is 16.6. The van der Waals surface area contributed by atoms with Crippen molar-refractivity contribution in [3.05, 3.63) is 6.33 Å². The lowest BCUT2D eigenvalue weighted by Crippen LogP contribution is -2.48. The molecule has 0 radical (unpaired) electrons. The average molecular weight is 298 g/mol. The summed E-state index contributed by atoms with van der Waals surface area (Å²) in [5, 5.41) is 49.7. The van der Waals surface area contributed by atoms with Crippen LogP contribution in [0.25, 0.3) is 11.2 Å². The molecule has 0 spiro atoms. The number of aliphatic hydroxyl groups is 4. The van der Waals surface area contributed by atoms with E-state index < -0.39 is 37.3 Å². The molecule has 1 aliphatic heterocycles. The van der Waals surface area contributed by atoms with Crippen molar-refractivity contribution in [3.8, 4) is 0 Å². The molecule has 3 heterocycles. The Hall–Kier alpha value is -1.92. The first-order chi connectivity index (χ1) is 10.0. The zero-order valence-corrected chi connectivity index (χ0v) is 10.7. The van der Waals surface area contributed by atoms with Crippen LogP contribution in [0, 0.1) is 0 Å². The fraction of sp³-hybridized carbons (Fsp3) is 0.600. The molecule has 3 rings (SSSR count). The van der Waals surface area contributed by atoms with E-state index in [4.69, 9.17) is 10.5 Å². The number of aromatic nitrogens is 5. The molecule has 4 atom stereocenters. The van der Waals surface area contributed by atoms with Gasteiger partial charge in [-0.1, -0.05) is 0 Å². The Morgan fingerprint density at radius 1 is 1.33 bits per heavy atom. The lowest BCUT2D eigenvalue weighted by Gasteiger charge is -2.31. The fourth-order valence-electron chi connectivity index (χ4n) is 2.48. The van der Waals surface area contributed by atoms with Gasteiger partial charge in [-0.3, -0.25) is 4.57 Å². The summed E-state index contributed by atoms with van der Waals surface area (Å²) in [6.45, 7) is -1.21. The number of nitrogen functional groups attached to an aromatic ring is 1. The fourth-order valence-corrected chi connectivity index (χ4v) is 2.48. The molecule has 21 heavy (non-hydrogen) atoms. The van der Waals surface area contributed by atoms with Crippen LogP contribution in [0.2, 0.25) is 0 Å². The summed E-state index contributed by atoms with van der Waals surface area (Å²) in [5.41, 5.74) is 4.22. The largest absolute Gasteiger partial charge is 0.394 e. The number of imidazole rings is 1. The highest BCUT2D eigenvalue weighted by molar-refractivity contribution is 5.80. The molecule has 1 aliphatic rings. The van der Waals surface area contributed by atoms with Gasteiger partial charge in [0, 0.05) is 0 Å². The van der Waals surface area contributed by atoms with Crippen molar-refractivity contribution in [1.82, 2.24) is 25.0 Å². The molecule has 0 aromatic carbocycles. The van der Waals surface area contributed by atoms with Gasteiger partial charge >= 0.3 is 0 Å². The predicted molar refractivity (Wildman–Crippen MR) is 66.6 cm³/mol. The van der Waals surface area contributed by atoms with Crippen molar-refractivity contribution in [1.29, 1.82) is 0 Å². The van der Waals surface area contributed by atoms with E-state index in [1.807, 2.05) is 0 Å². The van der Waals surface area contributed by atoms with E-state index in [-0.39, 0.29) is 17.0 Å². The Bertz CT molecular complexity index is 664. The Labute approximate surface area is 117 Å². The van der Waals surface area contributed by atoms with Gasteiger partial charge < -0.3 is 30.9 Å². The number of rotatable bonds is 3. The highest BCUT2D eigenvalue weighted by Gasteiger charge is 2.55. The van der Waals surface area contributed by atoms with Crippen molar-refractivity contribution in [2.45, 2.75) is 24.0 Å². The third kappa shape index (κ3) is 1.79. The molecule has 0 aliphatic carbocycles. The second-order valence-electron chi connectivity index (χ2n) is 4.74. The van der Waals surface area contributed by atoms with Gasteiger partial charge in [-0.25, -0.2) is 4.98 Å². The molecular formula is C10H14N6O5. The maximum atomic E-state index is 10.2. The maximum absolute atomic E-state index is 10.2. The van der Waals surface area contributed by atoms with Gasteiger partial charge in [0.15, 0.2) is 22.7 Å².